The second-order valence-corrected chi connectivity index (χ2v) is 11.7. The lowest BCUT2D eigenvalue weighted by molar-refractivity contribution is -0.160. The van der Waals surface area contributed by atoms with E-state index in [4.69, 9.17) is 9.47 Å². The Morgan fingerprint density at radius 2 is 1.89 bits per heavy atom. The molecule has 0 aromatic rings. The Morgan fingerprint density at radius 3 is 2.58 bits per heavy atom. The molecule has 5 atom stereocenters. The summed E-state index contributed by atoms with van der Waals surface area (Å²) in [6.45, 7) is 10.7. The normalized spacial score (nSPS) is 32.3. The van der Waals surface area contributed by atoms with E-state index in [1.54, 1.807) is 17.1 Å². The molecule has 2 amide bonds. The molecule has 4 fully saturated rings. The standard InChI is InChI=1S/C30H46N2O6/c1-4-6-13-21-37-28(36)24-23-26(34)32(19-11-8-12-20-33)25(30(23)17-16-29(24,3)38-30)27(35)31(18-5-2)22-14-9-7-10-15-22/h4-5,22-25,33H,1-2,6-21H2,3H3/t23-,24-,25?,29+,30?/m0/s1. The Morgan fingerprint density at radius 1 is 1.13 bits per heavy atom. The Bertz CT molecular complexity index is 901. The molecule has 3 saturated heterocycles. The number of amides is 2. The lowest BCUT2D eigenvalue weighted by atomic mass is 9.66. The minimum Gasteiger partial charge on any atom is -0.465 e. The van der Waals surface area contributed by atoms with Gasteiger partial charge < -0.3 is 24.4 Å². The fourth-order valence-corrected chi connectivity index (χ4v) is 7.47. The number of fused-ring (bicyclic) bond motifs is 1. The summed E-state index contributed by atoms with van der Waals surface area (Å²) in [5.74, 6) is -2.12. The van der Waals surface area contributed by atoms with Gasteiger partial charge in [-0.05, 0) is 64.7 Å². The molecule has 3 heterocycles. The molecular weight excluding hydrogens is 484 g/mol. The predicted molar refractivity (Wildman–Crippen MR) is 144 cm³/mol. The van der Waals surface area contributed by atoms with E-state index >= 15 is 0 Å². The van der Waals surface area contributed by atoms with Gasteiger partial charge in [-0.1, -0.05) is 31.4 Å². The molecule has 3 aliphatic heterocycles. The Balaban J connectivity index is 1.65. The van der Waals surface area contributed by atoms with E-state index in [1.165, 1.54) is 6.42 Å². The van der Waals surface area contributed by atoms with Gasteiger partial charge in [-0.15, -0.1) is 13.2 Å². The monoisotopic (exact) mass is 530 g/mol. The molecule has 1 saturated carbocycles. The highest BCUT2D eigenvalue weighted by Crippen LogP contribution is 2.63. The van der Waals surface area contributed by atoms with E-state index in [2.05, 4.69) is 13.2 Å². The number of hydrogen-bond acceptors (Lipinski definition) is 6. The number of aliphatic hydroxyl groups excluding tert-OH is 1. The van der Waals surface area contributed by atoms with Gasteiger partial charge in [0, 0.05) is 25.7 Å². The maximum atomic E-state index is 14.5. The minimum atomic E-state index is -1.03. The van der Waals surface area contributed by atoms with Crippen LogP contribution in [0.4, 0.5) is 0 Å². The number of allylic oxidation sites excluding steroid dienone is 1. The molecule has 2 unspecified atom stereocenters. The molecule has 38 heavy (non-hydrogen) atoms. The van der Waals surface area contributed by atoms with Crippen LogP contribution in [0, 0.1) is 11.8 Å². The molecule has 1 N–H and O–H groups in total. The third kappa shape index (κ3) is 5.18. The summed E-state index contributed by atoms with van der Waals surface area (Å²) in [5, 5.41) is 9.24. The largest absolute Gasteiger partial charge is 0.465 e. The number of hydrogen-bond donors (Lipinski definition) is 1. The maximum absolute atomic E-state index is 14.5. The molecule has 8 nitrogen and oxygen atoms in total. The van der Waals surface area contributed by atoms with Crippen molar-refractivity contribution in [1.29, 1.82) is 0 Å². The number of nitrogens with zero attached hydrogens (tertiary/aromatic N) is 2. The van der Waals surface area contributed by atoms with Crippen molar-refractivity contribution in [2.75, 3.05) is 26.3 Å². The second-order valence-electron chi connectivity index (χ2n) is 11.7. The summed E-state index contributed by atoms with van der Waals surface area (Å²) in [7, 11) is 0. The number of unbranched alkanes of at least 4 members (excludes halogenated alkanes) is 3. The van der Waals surface area contributed by atoms with Gasteiger partial charge in [-0.2, -0.15) is 0 Å². The molecule has 0 aromatic heterocycles. The summed E-state index contributed by atoms with van der Waals surface area (Å²) < 4.78 is 12.4. The van der Waals surface area contributed by atoms with Crippen LogP contribution >= 0.6 is 0 Å². The first-order valence-electron chi connectivity index (χ1n) is 14.6. The summed E-state index contributed by atoms with van der Waals surface area (Å²) in [4.78, 5) is 45.6. The van der Waals surface area contributed by atoms with E-state index in [-0.39, 0.29) is 31.1 Å². The van der Waals surface area contributed by atoms with Gasteiger partial charge in [0.1, 0.15) is 17.6 Å². The van der Waals surface area contributed by atoms with Crippen LogP contribution in [0.1, 0.15) is 84.0 Å². The quantitative estimate of drug-likeness (QED) is 0.209. The number of ether oxygens (including phenoxy) is 2. The van der Waals surface area contributed by atoms with Gasteiger partial charge in [0.05, 0.1) is 18.1 Å². The zero-order valence-electron chi connectivity index (χ0n) is 23.1. The van der Waals surface area contributed by atoms with Crippen LogP contribution in [-0.4, -0.2) is 82.3 Å². The third-order valence-corrected chi connectivity index (χ3v) is 9.24. The first-order chi connectivity index (χ1) is 18.3. The summed E-state index contributed by atoms with van der Waals surface area (Å²) in [6.07, 6.45) is 13.5. The van der Waals surface area contributed by atoms with Crippen LogP contribution in [0.3, 0.4) is 0 Å². The molecule has 1 spiro atoms. The zero-order valence-corrected chi connectivity index (χ0v) is 23.1. The van der Waals surface area contributed by atoms with Crippen molar-refractivity contribution in [2.45, 2.75) is 107 Å². The molecule has 0 aromatic carbocycles. The highest BCUT2D eigenvalue weighted by Gasteiger charge is 2.78. The molecule has 4 rings (SSSR count). The fourth-order valence-electron chi connectivity index (χ4n) is 7.47. The predicted octanol–water partition coefficient (Wildman–Crippen LogP) is 3.77. The summed E-state index contributed by atoms with van der Waals surface area (Å²) in [6, 6.07) is -0.646. The third-order valence-electron chi connectivity index (χ3n) is 9.24. The Labute approximate surface area is 227 Å². The van der Waals surface area contributed by atoms with Crippen LogP contribution < -0.4 is 0 Å². The second kappa shape index (κ2) is 12.3. The SMILES string of the molecule is C=CCCCOC(=O)[C@@H]1[C@H]2C(=O)N(CCCCCO)C(C(=O)N(CC=C)C3CCCCC3)C23CC[C@@]1(C)O3. The highest BCUT2D eigenvalue weighted by molar-refractivity contribution is 5.98. The average Bonchev–Trinajstić information content (AvgIpc) is 3.48. The number of carbonyl (C=O) groups excluding carboxylic acids is 3. The number of esters is 1. The number of aliphatic hydroxyl groups is 1. The van der Waals surface area contributed by atoms with Crippen molar-refractivity contribution in [2.24, 2.45) is 11.8 Å². The van der Waals surface area contributed by atoms with Crippen LogP contribution in [0.15, 0.2) is 25.3 Å². The molecule has 2 bridgehead atoms. The van der Waals surface area contributed by atoms with Gasteiger partial charge in [0.2, 0.25) is 11.8 Å². The zero-order chi connectivity index (χ0) is 27.3. The van der Waals surface area contributed by atoms with Gasteiger partial charge in [-0.3, -0.25) is 14.4 Å². The minimum absolute atomic E-state index is 0.0842. The van der Waals surface area contributed by atoms with Crippen molar-refractivity contribution in [3.8, 4) is 0 Å². The molecule has 8 heteroatoms. The fraction of sp³-hybridized carbons (Fsp3) is 0.767. The average molecular weight is 531 g/mol. The first-order valence-corrected chi connectivity index (χ1v) is 14.6. The van der Waals surface area contributed by atoms with E-state index in [1.807, 2.05) is 11.8 Å². The van der Waals surface area contributed by atoms with Crippen molar-refractivity contribution in [3.63, 3.8) is 0 Å². The van der Waals surface area contributed by atoms with Crippen molar-refractivity contribution in [1.82, 2.24) is 9.80 Å². The highest BCUT2D eigenvalue weighted by atomic mass is 16.6. The maximum Gasteiger partial charge on any atom is 0.312 e. The Kier molecular flexibility index (Phi) is 9.35. The number of carbonyl (C=O) groups is 3. The lowest BCUT2D eigenvalue weighted by Gasteiger charge is -2.40. The van der Waals surface area contributed by atoms with Crippen LogP contribution in [0.25, 0.3) is 0 Å². The van der Waals surface area contributed by atoms with Crippen LogP contribution in [0.2, 0.25) is 0 Å². The Hall–Kier alpha value is -2.19. The molecule has 4 aliphatic rings. The van der Waals surface area contributed by atoms with Gasteiger partial charge >= 0.3 is 5.97 Å². The number of rotatable bonds is 14. The van der Waals surface area contributed by atoms with Gasteiger partial charge in [0.15, 0.2) is 0 Å². The summed E-state index contributed by atoms with van der Waals surface area (Å²) in [5.41, 5.74) is -1.86. The number of likely N-dealkylation sites (tertiary alicyclic amines) is 1. The molecular formula is C30H46N2O6. The molecule has 0 radical (unpaired) electrons. The summed E-state index contributed by atoms with van der Waals surface area (Å²) >= 11 is 0. The van der Waals surface area contributed by atoms with Crippen molar-refractivity contribution < 1.29 is 29.0 Å². The first kappa shape index (κ1) is 28.8. The molecule has 1 aliphatic carbocycles. The smallest absolute Gasteiger partial charge is 0.312 e. The van der Waals surface area contributed by atoms with Crippen LogP contribution in [-0.2, 0) is 23.9 Å². The van der Waals surface area contributed by atoms with E-state index in [0.29, 0.717) is 45.2 Å². The van der Waals surface area contributed by atoms with Crippen molar-refractivity contribution >= 4 is 17.8 Å². The molecule has 212 valence electrons. The van der Waals surface area contributed by atoms with Gasteiger partial charge in [0.25, 0.3) is 0 Å². The van der Waals surface area contributed by atoms with E-state index < -0.39 is 35.0 Å². The lowest BCUT2D eigenvalue weighted by Crippen LogP contribution is -2.58. The van der Waals surface area contributed by atoms with E-state index in [0.717, 1.165) is 38.5 Å². The topological polar surface area (TPSA) is 96.4 Å². The van der Waals surface area contributed by atoms with Crippen molar-refractivity contribution in [3.05, 3.63) is 25.3 Å². The van der Waals surface area contributed by atoms with Crippen LogP contribution in [0.5, 0.6) is 0 Å². The van der Waals surface area contributed by atoms with Gasteiger partial charge in [-0.25, -0.2) is 0 Å². The van der Waals surface area contributed by atoms with E-state index in [9.17, 15) is 19.5 Å².